The van der Waals surface area contributed by atoms with Crippen LogP contribution in [0.5, 0.6) is 0 Å². The number of hydrogen-bond donors (Lipinski definition) is 1. The maximum atomic E-state index is 13.0. The zero-order valence-electron chi connectivity index (χ0n) is 13.5. The summed E-state index contributed by atoms with van der Waals surface area (Å²) in [6.45, 7) is 2.82. The zero-order valence-corrected chi connectivity index (χ0v) is 15.0. The highest BCUT2D eigenvalue weighted by Gasteiger charge is 2.22. The smallest absolute Gasteiger partial charge is 0.244 e. The summed E-state index contributed by atoms with van der Waals surface area (Å²) in [6, 6.07) is 8.73. The summed E-state index contributed by atoms with van der Waals surface area (Å²) in [5.41, 5.74) is 6.82. The van der Waals surface area contributed by atoms with Gasteiger partial charge in [-0.3, -0.25) is 9.48 Å². The van der Waals surface area contributed by atoms with E-state index in [-0.39, 0.29) is 18.3 Å². The number of amides is 1. The average Bonchev–Trinajstić information content (AvgIpc) is 2.95. The molecule has 1 amide bonds. The van der Waals surface area contributed by atoms with Crippen LogP contribution in [0.25, 0.3) is 0 Å². The Hall–Kier alpha value is -2.53. The molecule has 1 aromatic carbocycles. The van der Waals surface area contributed by atoms with Crippen molar-refractivity contribution >= 4 is 27.5 Å². The van der Waals surface area contributed by atoms with Crippen molar-refractivity contribution in [3.63, 3.8) is 0 Å². The molecule has 1 aliphatic heterocycles. The van der Waals surface area contributed by atoms with E-state index < -0.39 is 0 Å². The molecule has 3 rings (SSSR count). The molecule has 0 unspecified atom stereocenters. The summed E-state index contributed by atoms with van der Waals surface area (Å²) in [7, 11) is 0. The van der Waals surface area contributed by atoms with Gasteiger partial charge in [-0.05, 0) is 46.1 Å². The molecule has 0 spiro atoms. The van der Waals surface area contributed by atoms with Crippen molar-refractivity contribution in [3.05, 3.63) is 46.4 Å². The average molecular weight is 406 g/mol. The summed E-state index contributed by atoms with van der Waals surface area (Å²) in [6.07, 6.45) is 1.69. The summed E-state index contributed by atoms with van der Waals surface area (Å²) < 4.78 is 15.1. The van der Waals surface area contributed by atoms with Gasteiger partial charge in [0.2, 0.25) is 5.91 Å². The second-order valence-electron chi connectivity index (χ2n) is 5.64. The van der Waals surface area contributed by atoms with E-state index in [1.54, 1.807) is 23.0 Å². The van der Waals surface area contributed by atoms with Gasteiger partial charge in [-0.2, -0.15) is 5.10 Å². The molecule has 0 atom stereocenters. The van der Waals surface area contributed by atoms with Crippen molar-refractivity contribution in [1.29, 1.82) is 0 Å². The number of rotatable bonds is 3. The maximum absolute atomic E-state index is 13.0. The second kappa shape index (κ2) is 7.57. The number of nitrogens with zero attached hydrogens (tertiary/aromatic N) is 4. The number of aromatic nitrogens is 2. The van der Waals surface area contributed by atoms with E-state index in [0.29, 0.717) is 36.3 Å². The molecule has 25 heavy (non-hydrogen) atoms. The van der Waals surface area contributed by atoms with Crippen LogP contribution in [0.2, 0.25) is 0 Å². The van der Waals surface area contributed by atoms with Gasteiger partial charge < -0.3 is 15.5 Å². The van der Waals surface area contributed by atoms with E-state index in [0.717, 1.165) is 5.69 Å². The second-order valence-corrected chi connectivity index (χ2v) is 6.40. The number of piperazine rings is 1. The molecule has 130 valence electrons. The van der Waals surface area contributed by atoms with Gasteiger partial charge in [0.15, 0.2) is 0 Å². The molecule has 1 saturated heterocycles. The van der Waals surface area contributed by atoms with Gasteiger partial charge in [0.05, 0.1) is 5.56 Å². The fourth-order valence-electron chi connectivity index (χ4n) is 2.74. The van der Waals surface area contributed by atoms with Crippen LogP contribution < -0.4 is 10.6 Å². The zero-order chi connectivity index (χ0) is 17.8. The number of anilines is 1. The molecule has 2 aromatic rings. The standard InChI is InChI=1S/C17H17BrFN5O/c18-17-13(5-6-20)11-24(21-17)12-16(25)23-9-7-22(8-10-23)15-3-1-14(19)2-4-15/h1-4,11H,7-10,12,20H2. The Kier molecular flexibility index (Phi) is 5.24. The van der Waals surface area contributed by atoms with Gasteiger partial charge in [-0.1, -0.05) is 0 Å². The van der Waals surface area contributed by atoms with Gasteiger partial charge in [-0.25, -0.2) is 4.39 Å². The Morgan fingerprint density at radius 3 is 2.56 bits per heavy atom. The lowest BCUT2D eigenvalue weighted by molar-refractivity contribution is -0.132. The van der Waals surface area contributed by atoms with Gasteiger partial charge in [0, 0.05) is 44.1 Å². The number of hydrogen-bond acceptors (Lipinski definition) is 4. The number of halogens is 2. The van der Waals surface area contributed by atoms with Crippen LogP contribution in [-0.2, 0) is 11.3 Å². The van der Waals surface area contributed by atoms with Crippen LogP contribution >= 0.6 is 15.9 Å². The van der Waals surface area contributed by atoms with Gasteiger partial charge in [0.25, 0.3) is 0 Å². The normalized spacial score (nSPS) is 14.2. The fraction of sp³-hybridized carbons (Fsp3) is 0.294. The van der Waals surface area contributed by atoms with Gasteiger partial charge >= 0.3 is 0 Å². The predicted molar refractivity (Wildman–Crippen MR) is 96.2 cm³/mol. The van der Waals surface area contributed by atoms with Gasteiger partial charge in [-0.15, -0.1) is 0 Å². The Balaban J connectivity index is 1.57. The molecule has 2 heterocycles. The van der Waals surface area contributed by atoms with E-state index >= 15 is 0 Å². The predicted octanol–water partition coefficient (Wildman–Crippen LogP) is 1.40. The molecule has 6 nitrogen and oxygen atoms in total. The lowest BCUT2D eigenvalue weighted by Gasteiger charge is -2.36. The Morgan fingerprint density at radius 1 is 1.24 bits per heavy atom. The van der Waals surface area contributed by atoms with Crippen LogP contribution in [0.4, 0.5) is 10.1 Å². The van der Waals surface area contributed by atoms with Crippen LogP contribution in [0.15, 0.2) is 35.1 Å². The number of benzene rings is 1. The van der Waals surface area contributed by atoms with Gasteiger partial charge in [0.1, 0.15) is 17.0 Å². The largest absolute Gasteiger partial charge is 0.368 e. The number of carbonyl (C=O) groups excluding carboxylic acids is 1. The molecule has 1 aromatic heterocycles. The molecular formula is C17H17BrFN5O. The molecule has 1 fully saturated rings. The van der Waals surface area contributed by atoms with Crippen LogP contribution in [-0.4, -0.2) is 46.8 Å². The third-order valence-corrected chi connectivity index (χ3v) is 4.63. The molecule has 0 bridgehead atoms. The SMILES string of the molecule is NC#Cc1cn(CC(=O)N2CCN(c3ccc(F)cc3)CC2)nc1Br. The van der Waals surface area contributed by atoms with Crippen molar-refractivity contribution in [1.82, 2.24) is 14.7 Å². The Labute approximate surface area is 153 Å². The first-order valence-corrected chi connectivity index (χ1v) is 8.59. The van der Waals surface area contributed by atoms with Crippen molar-refractivity contribution in [3.8, 4) is 12.0 Å². The van der Waals surface area contributed by atoms with Crippen molar-refractivity contribution < 1.29 is 9.18 Å². The highest BCUT2D eigenvalue weighted by atomic mass is 79.9. The van der Waals surface area contributed by atoms with E-state index in [1.807, 2.05) is 4.90 Å². The summed E-state index contributed by atoms with van der Waals surface area (Å²) in [4.78, 5) is 16.4. The van der Waals surface area contributed by atoms with Crippen LogP contribution in [0, 0.1) is 17.8 Å². The highest BCUT2D eigenvalue weighted by Crippen LogP contribution is 2.17. The quantitative estimate of drug-likeness (QED) is 0.618. The minimum absolute atomic E-state index is 0.000939. The molecule has 0 radical (unpaired) electrons. The Bertz CT molecular complexity index is 816. The summed E-state index contributed by atoms with van der Waals surface area (Å²) in [5, 5.41) is 4.22. The molecular weight excluding hydrogens is 389 g/mol. The van der Waals surface area contributed by atoms with Crippen molar-refractivity contribution in [2.75, 3.05) is 31.1 Å². The lowest BCUT2D eigenvalue weighted by Crippen LogP contribution is -2.49. The third-order valence-electron chi connectivity index (χ3n) is 4.04. The third kappa shape index (κ3) is 4.12. The number of nitrogens with two attached hydrogens (primary N) is 1. The maximum Gasteiger partial charge on any atom is 0.244 e. The topological polar surface area (TPSA) is 67.4 Å². The molecule has 0 aliphatic carbocycles. The fourth-order valence-corrected chi connectivity index (χ4v) is 3.15. The molecule has 1 aliphatic rings. The molecule has 8 heteroatoms. The first kappa shape index (κ1) is 17.3. The van der Waals surface area contributed by atoms with Crippen molar-refractivity contribution in [2.24, 2.45) is 5.73 Å². The minimum atomic E-state index is -0.248. The van der Waals surface area contributed by atoms with E-state index in [4.69, 9.17) is 5.73 Å². The first-order chi connectivity index (χ1) is 12.1. The monoisotopic (exact) mass is 405 g/mol. The Morgan fingerprint density at radius 2 is 1.92 bits per heavy atom. The van der Waals surface area contributed by atoms with Crippen LogP contribution in [0.1, 0.15) is 5.56 Å². The van der Waals surface area contributed by atoms with Crippen LogP contribution in [0.3, 0.4) is 0 Å². The molecule has 2 N–H and O–H groups in total. The summed E-state index contributed by atoms with van der Waals surface area (Å²) in [5.74, 6) is 2.47. The lowest BCUT2D eigenvalue weighted by atomic mass is 10.2. The van der Waals surface area contributed by atoms with Crippen molar-refractivity contribution in [2.45, 2.75) is 6.54 Å². The minimum Gasteiger partial charge on any atom is -0.368 e. The highest BCUT2D eigenvalue weighted by molar-refractivity contribution is 9.10. The van der Waals surface area contributed by atoms with E-state index in [2.05, 4.69) is 37.9 Å². The first-order valence-electron chi connectivity index (χ1n) is 7.79. The van der Waals surface area contributed by atoms with E-state index in [1.165, 1.54) is 12.1 Å². The number of carbonyl (C=O) groups is 1. The molecule has 0 saturated carbocycles. The van der Waals surface area contributed by atoms with E-state index in [9.17, 15) is 9.18 Å². The summed E-state index contributed by atoms with van der Waals surface area (Å²) >= 11 is 3.29.